The first-order valence-corrected chi connectivity index (χ1v) is 9.44. The average molecular weight is 389 g/mol. The van der Waals surface area contributed by atoms with Crippen molar-refractivity contribution in [2.24, 2.45) is 5.92 Å². The highest BCUT2D eigenvalue weighted by molar-refractivity contribution is 5.92. The fourth-order valence-electron chi connectivity index (χ4n) is 3.18. The minimum Gasteiger partial charge on any atom is -0.493 e. The van der Waals surface area contributed by atoms with Crippen molar-refractivity contribution in [3.63, 3.8) is 0 Å². The fraction of sp³-hybridized carbons (Fsp3) is 0.476. The number of nitrogens with one attached hydrogen (secondary N) is 1. The zero-order chi connectivity index (χ0) is 20.5. The molecule has 1 fully saturated rings. The SMILES string of the molecule is CCOC(=O)C1CCC(NC(=O)C=Cc2ccc(OC(C)=O)c(OC)c2)CC1. The fourth-order valence-corrected chi connectivity index (χ4v) is 3.18. The Bertz CT molecular complexity index is 734. The van der Waals surface area contributed by atoms with Crippen molar-refractivity contribution in [2.45, 2.75) is 45.6 Å². The first-order valence-electron chi connectivity index (χ1n) is 9.44. The van der Waals surface area contributed by atoms with Crippen LogP contribution in [0.1, 0.15) is 45.1 Å². The van der Waals surface area contributed by atoms with Gasteiger partial charge in [-0.2, -0.15) is 0 Å². The van der Waals surface area contributed by atoms with Crippen molar-refractivity contribution in [3.05, 3.63) is 29.8 Å². The van der Waals surface area contributed by atoms with Crippen molar-refractivity contribution in [3.8, 4) is 11.5 Å². The summed E-state index contributed by atoms with van der Waals surface area (Å²) in [6.45, 7) is 3.51. The van der Waals surface area contributed by atoms with E-state index in [0.717, 1.165) is 31.2 Å². The van der Waals surface area contributed by atoms with Gasteiger partial charge in [0.1, 0.15) is 0 Å². The largest absolute Gasteiger partial charge is 0.493 e. The molecule has 152 valence electrons. The molecule has 1 N–H and O–H groups in total. The van der Waals surface area contributed by atoms with E-state index in [1.165, 1.54) is 20.1 Å². The van der Waals surface area contributed by atoms with Gasteiger partial charge < -0.3 is 19.5 Å². The van der Waals surface area contributed by atoms with Crippen LogP contribution in [0.5, 0.6) is 11.5 Å². The minimum atomic E-state index is -0.432. The number of hydrogen-bond acceptors (Lipinski definition) is 6. The lowest BCUT2D eigenvalue weighted by Gasteiger charge is -2.27. The van der Waals surface area contributed by atoms with Gasteiger partial charge in [-0.3, -0.25) is 14.4 Å². The lowest BCUT2D eigenvalue weighted by molar-refractivity contribution is -0.149. The monoisotopic (exact) mass is 389 g/mol. The van der Waals surface area contributed by atoms with Crippen molar-refractivity contribution in [1.29, 1.82) is 0 Å². The van der Waals surface area contributed by atoms with Gasteiger partial charge in [-0.15, -0.1) is 0 Å². The molecule has 7 nitrogen and oxygen atoms in total. The quantitative estimate of drug-likeness (QED) is 0.438. The normalized spacial score (nSPS) is 19.1. The van der Waals surface area contributed by atoms with Crippen LogP contribution in [0.25, 0.3) is 6.08 Å². The van der Waals surface area contributed by atoms with Crippen LogP contribution >= 0.6 is 0 Å². The topological polar surface area (TPSA) is 90.9 Å². The van der Waals surface area contributed by atoms with Gasteiger partial charge in [0.25, 0.3) is 0 Å². The van der Waals surface area contributed by atoms with Crippen LogP contribution in [0.2, 0.25) is 0 Å². The number of rotatable bonds is 7. The van der Waals surface area contributed by atoms with Gasteiger partial charge in [0.2, 0.25) is 5.91 Å². The number of amides is 1. The van der Waals surface area contributed by atoms with Crippen LogP contribution in [-0.2, 0) is 19.1 Å². The van der Waals surface area contributed by atoms with E-state index in [2.05, 4.69) is 5.32 Å². The number of benzene rings is 1. The highest BCUT2D eigenvalue weighted by Crippen LogP contribution is 2.29. The molecule has 0 atom stereocenters. The molecule has 0 spiro atoms. The molecule has 0 aliphatic heterocycles. The van der Waals surface area contributed by atoms with Crippen LogP contribution in [0.15, 0.2) is 24.3 Å². The molecule has 7 heteroatoms. The van der Waals surface area contributed by atoms with Crippen LogP contribution < -0.4 is 14.8 Å². The summed E-state index contributed by atoms with van der Waals surface area (Å²) in [5, 5.41) is 2.97. The maximum atomic E-state index is 12.2. The zero-order valence-electron chi connectivity index (χ0n) is 16.5. The summed E-state index contributed by atoms with van der Waals surface area (Å²) in [4.78, 5) is 35.0. The van der Waals surface area contributed by atoms with E-state index in [-0.39, 0.29) is 23.8 Å². The van der Waals surface area contributed by atoms with Gasteiger partial charge in [-0.25, -0.2) is 0 Å². The predicted octanol–water partition coefficient (Wildman–Crippen LogP) is 2.87. The van der Waals surface area contributed by atoms with Crippen LogP contribution in [0.3, 0.4) is 0 Å². The van der Waals surface area contributed by atoms with E-state index in [9.17, 15) is 14.4 Å². The lowest BCUT2D eigenvalue weighted by atomic mass is 9.86. The number of ether oxygens (including phenoxy) is 3. The average Bonchev–Trinajstić information content (AvgIpc) is 2.67. The van der Waals surface area contributed by atoms with E-state index in [1.807, 2.05) is 0 Å². The second kappa shape index (κ2) is 10.5. The Morgan fingerprint density at radius 3 is 2.46 bits per heavy atom. The number of methoxy groups -OCH3 is 1. The summed E-state index contributed by atoms with van der Waals surface area (Å²) in [7, 11) is 1.48. The number of esters is 2. The Morgan fingerprint density at radius 2 is 1.86 bits per heavy atom. The molecule has 28 heavy (non-hydrogen) atoms. The molecule has 0 heterocycles. The highest BCUT2D eigenvalue weighted by atomic mass is 16.6. The molecular weight excluding hydrogens is 362 g/mol. The van der Waals surface area contributed by atoms with E-state index in [4.69, 9.17) is 14.2 Å². The Labute approximate surface area is 165 Å². The van der Waals surface area contributed by atoms with Crippen molar-refractivity contribution < 1.29 is 28.6 Å². The smallest absolute Gasteiger partial charge is 0.308 e. The minimum absolute atomic E-state index is 0.0590. The molecule has 0 unspecified atom stereocenters. The third-order valence-electron chi connectivity index (χ3n) is 4.56. The maximum absolute atomic E-state index is 12.2. The Kier molecular flexibility index (Phi) is 8.04. The molecular formula is C21H27NO6. The zero-order valence-corrected chi connectivity index (χ0v) is 16.5. The summed E-state index contributed by atoms with van der Waals surface area (Å²) in [6, 6.07) is 5.10. The van der Waals surface area contributed by atoms with Crippen LogP contribution in [0.4, 0.5) is 0 Å². The lowest BCUT2D eigenvalue weighted by Crippen LogP contribution is -2.38. The van der Waals surface area contributed by atoms with Crippen LogP contribution in [-0.4, -0.2) is 37.6 Å². The van der Waals surface area contributed by atoms with Gasteiger partial charge >= 0.3 is 11.9 Å². The molecule has 0 radical (unpaired) electrons. The molecule has 0 aromatic heterocycles. The second-order valence-corrected chi connectivity index (χ2v) is 6.65. The Morgan fingerprint density at radius 1 is 1.14 bits per heavy atom. The molecule has 1 aliphatic rings. The molecule has 1 aliphatic carbocycles. The van der Waals surface area contributed by atoms with E-state index < -0.39 is 5.97 Å². The molecule has 1 aromatic carbocycles. The molecule has 0 bridgehead atoms. The first kappa shape index (κ1) is 21.5. The van der Waals surface area contributed by atoms with Crippen molar-refractivity contribution in [2.75, 3.05) is 13.7 Å². The van der Waals surface area contributed by atoms with E-state index in [0.29, 0.717) is 18.1 Å². The van der Waals surface area contributed by atoms with Gasteiger partial charge in [0.05, 0.1) is 19.6 Å². The molecule has 1 saturated carbocycles. The Hall–Kier alpha value is -2.83. The second-order valence-electron chi connectivity index (χ2n) is 6.65. The highest BCUT2D eigenvalue weighted by Gasteiger charge is 2.27. The standard InChI is InChI=1S/C21H27NO6/c1-4-27-21(25)16-7-9-17(10-8-16)22-20(24)12-6-15-5-11-18(28-14(2)23)19(13-15)26-3/h5-6,11-13,16-17H,4,7-10H2,1-3H3,(H,22,24). The Balaban J connectivity index is 1.87. The van der Waals surface area contributed by atoms with E-state index >= 15 is 0 Å². The van der Waals surface area contributed by atoms with Crippen molar-refractivity contribution in [1.82, 2.24) is 5.32 Å². The predicted molar refractivity (Wildman–Crippen MR) is 104 cm³/mol. The summed E-state index contributed by atoms with van der Waals surface area (Å²) in [6.07, 6.45) is 6.09. The van der Waals surface area contributed by atoms with Crippen molar-refractivity contribution >= 4 is 23.9 Å². The molecule has 2 rings (SSSR count). The van der Waals surface area contributed by atoms with Gasteiger partial charge in [0, 0.05) is 19.0 Å². The van der Waals surface area contributed by atoms with E-state index in [1.54, 1.807) is 31.2 Å². The number of hydrogen-bond donors (Lipinski definition) is 1. The number of carbonyl (C=O) groups is 3. The first-order chi connectivity index (χ1) is 13.4. The van der Waals surface area contributed by atoms with Gasteiger partial charge in [0.15, 0.2) is 11.5 Å². The third-order valence-corrected chi connectivity index (χ3v) is 4.56. The summed E-state index contributed by atoms with van der Waals surface area (Å²) >= 11 is 0. The van der Waals surface area contributed by atoms with Crippen LogP contribution in [0, 0.1) is 5.92 Å². The molecule has 1 aromatic rings. The van der Waals surface area contributed by atoms with Gasteiger partial charge in [-0.05, 0) is 56.4 Å². The third kappa shape index (κ3) is 6.40. The van der Waals surface area contributed by atoms with Gasteiger partial charge in [-0.1, -0.05) is 6.07 Å². The summed E-state index contributed by atoms with van der Waals surface area (Å²) in [5.41, 5.74) is 0.744. The summed E-state index contributed by atoms with van der Waals surface area (Å²) < 4.78 is 15.3. The molecule has 0 saturated heterocycles. The molecule has 1 amide bonds. The number of carbonyl (C=O) groups excluding carboxylic acids is 3. The maximum Gasteiger partial charge on any atom is 0.308 e. The summed E-state index contributed by atoms with van der Waals surface area (Å²) in [5.74, 6) is -0.0866.